The molecular formula is C71H70N4O. The predicted molar refractivity (Wildman–Crippen MR) is 321 cm³/mol. The summed E-state index contributed by atoms with van der Waals surface area (Å²) in [4.78, 5) is 9.19. The van der Waals surface area contributed by atoms with Crippen LogP contribution in [0.2, 0.25) is 0 Å². The zero-order valence-corrected chi connectivity index (χ0v) is 44.8. The first-order chi connectivity index (χ1) is 41.4. The second-order valence-corrected chi connectivity index (χ2v) is 23.1. The molecule has 76 heavy (non-hydrogen) atoms. The number of benzene rings is 8. The van der Waals surface area contributed by atoms with E-state index in [4.69, 9.17) is 16.6 Å². The molecular weight excluding hydrogens is 925 g/mol. The number of aromatic nitrogens is 2. The molecule has 0 atom stereocenters. The van der Waals surface area contributed by atoms with Gasteiger partial charge in [-0.2, -0.15) is 0 Å². The number of aryl methyl sites for hydroxylation is 1. The Morgan fingerprint density at radius 1 is 0.645 bits per heavy atom. The van der Waals surface area contributed by atoms with E-state index in [2.05, 4.69) is 58.3 Å². The molecule has 5 nitrogen and oxygen atoms in total. The zero-order valence-electron chi connectivity index (χ0n) is 56.8. The fourth-order valence-electron chi connectivity index (χ4n) is 11.3. The van der Waals surface area contributed by atoms with Gasteiger partial charge >= 0.3 is 0 Å². The number of hydrogen-bond donors (Lipinski definition) is 0. The molecule has 0 spiro atoms. The van der Waals surface area contributed by atoms with E-state index < -0.39 is 36.0 Å². The highest BCUT2D eigenvalue weighted by Crippen LogP contribution is 2.53. The largest absolute Gasteiger partial charge is 0.457 e. The molecule has 0 bridgehead atoms. The Bertz CT molecular complexity index is 4480. The molecule has 0 N–H and O–H groups in total. The molecule has 10 aromatic rings. The number of anilines is 4. The van der Waals surface area contributed by atoms with Gasteiger partial charge in [0, 0.05) is 58.3 Å². The molecule has 5 heteroatoms. The Labute approximate surface area is 467 Å². The maximum atomic E-state index is 10.2. The van der Waals surface area contributed by atoms with Crippen molar-refractivity contribution in [3.05, 3.63) is 216 Å². The molecule has 8 aromatic carbocycles. The summed E-state index contributed by atoms with van der Waals surface area (Å²) < 4.78 is 120. The van der Waals surface area contributed by atoms with E-state index in [9.17, 15) is 9.60 Å². The summed E-state index contributed by atoms with van der Waals surface area (Å²) in [6.45, 7) is 15.9. The Morgan fingerprint density at radius 2 is 1.37 bits per heavy atom. The normalized spacial score (nSPS) is 17.5. The van der Waals surface area contributed by atoms with Gasteiger partial charge < -0.3 is 14.5 Å². The van der Waals surface area contributed by atoms with Crippen molar-refractivity contribution in [3.8, 4) is 50.7 Å². The molecule has 1 aliphatic carbocycles. The van der Waals surface area contributed by atoms with Crippen molar-refractivity contribution in [3.63, 3.8) is 0 Å². The van der Waals surface area contributed by atoms with Gasteiger partial charge in [-0.1, -0.05) is 183 Å². The van der Waals surface area contributed by atoms with Crippen molar-refractivity contribution in [2.75, 3.05) is 16.5 Å². The van der Waals surface area contributed by atoms with Crippen LogP contribution >= 0.6 is 0 Å². The molecule has 0 unspecified atom stereocenters. The van der Waals surface area contributed by atoms with Crippen molar-refractivity contribution in [1.29, 1.82) is 0 Å². The molecule has 0 saturated heterocycles. The number of para-hydroxylation sites is 4. The van der Waals surface area contributed by atoms with Gasteiger partial charge in [-0.05, 0) is 141 Å². The summed E-state index contributed by atoms with van der Waals surface area (Å²) in [6, 6.07) is 42.3. The van der Waals surface area contributed by atoms with E-state index in [1.165, 1.54) is 0 Å². The number of ether oxygens (including phenoxy) is 1. The molecule has 3 heterocycles. The predicted octanol–water partition coefficient (Wildman–Crippen LogP) is 19.4. The number of pyridine rings is 1. The minimum Gasteiger partial charge on any atom is -0.457 e. The maximum absolute atomic E-state index is 10.2. The molecule has 0 fully saturated rings. The summed E-state index contributed by atoms with van der Waals surface area (Å²) in [5, 5.41) is 0.805. The van der Waals surface area contributed by atoms with Crippen LogP contribution in [-0.2, 0) is 22.6 Å². The first-order valence-corrected chi connectivity index (χ1v) is 26.4. The standard InChI is InChI=1S/C71H70N4O/c1-46(2)38-50-41-67(72-44-60(50)48-20-12-11-13-21-48)75-63-27-15-14-24-57(63)58-34-32-54(43-66(58)75)76-53-23-18-22-52(42-53)73-45-74(65-29-17-16-28-64(65)73)68-56(49-30-35-61-62(40-49)71(9,10)37-36-70(61,7)8)25-19-26-59(68)55-33-31-51(39-47(55)3)69(4,5)6/h11-35,39-44,46H,36-38,45H2,1-10H3/i3D3,14D,15D,24D,27D,30D,35D,38D2,40D. The van der Waals surface area contributed by atoms with Crippen LogP contribution in [0.25, 0.3) is 61.0 Å². The zero-order chi connectivity index (χ0) is 63.1. The summed E-state index contributed by atoms with van der Waals surface area (Å²) in [5.41, 5.74) is 8.55. The molecule has 2 aromatic heterocycles. The van der Waals surface area contributed by atoms with Crippen LogP contribution in [0.1, 0.15) is 119 Å². The summed E-state index contributed by atoms with van der Waals surface area (Å²) >= 11 is 0. The second-order valence-electron chi connectivity index (χ2n) is 23.1. The highest BCUT2D eigenvalue weighted by atomic mass is 16.5. The fraction of sp³-hybridized carbons (Fsp3) is 0.254. The lowest BCUT2D eigenvalue weighted by molar-refractivity contribution is 0.332. The molecule has 380 valence electrons. The van der Waals surface area contributed by atoms with Gasteiger partial charge in [-0.3, -0.25) is 4.57 Å². The van der Waals surface area contributed by atoms with Gasteiger partial charge in [0.15, 0.2) is 0 Å². The smallest absolute Gasteiger partial charge is 0.137 e. The Hall–Kier alpha value is -7.89. The van der Waals surface area contributed by atoms with E-state index in [1.54, 1.807) is 41.1 Å². The Kier molecular flexibility index (Phi) is 9.11. The molecule has 0 saturated carbocycles. The van der Waals surface area contributed by atoms with Gasteiger partial charge in [0.1, 0.15) is 24.0 Å². The highest BCUT2D eigenvalue weighted by Gasteiger charge is 2.38. The van der Waals surface area contributed by atoms with Gasteiger partial charge in [0.2, 0.25) is 0 Å². The summed E-state index contributed by atoms with van der Waals surface area (Å²) in [7, 11) is 0. The number of hydrogen-bond acceptors (Lipinski definition) is 4. The molecule has 1 aliphatic heterocycles. The van der Waals surface area contributed by atoms with Crippen LogP contribution in [0.3, 0.4) is 0 Å². The monoisotopic (exact) mass is 1010 g/mol. The molecule has 0 radical (unpaired) electrons. The van der Waals surface area contributed by atoms with Crippen molar-refractivity contribution in [1.82, 2.24) is 9.55 Å². The lowest BCUT2D eigenvalue weighted by Crippen LogP contribution is -2.33. The van der Waals surface area contributed by atoms with Crippen LogP contribution < -0.4 is 14.5 Å². The lowest BCUT2D eigenvalue weighted by atomic mass is 9.63. The first kappa shape index (κ1) is 37.0. The number of fused-ring (bicyclic) bond motifs is 5. The maximum Gasteiger partial charge on any atom is 0.137 e. The average molecular weight is 1010 g/mol. The van der Waals surface area contributed by atoms with E-state index >= 15 is 0 Å². The third-order valence-electron chi connectivity index (χ3n) is 15.4. The van der Waals surface area contributed by atoms with Gasteiger partial charge in [0.25, 0.3) is 0 Å². The topological polar surface area (TPSA) is 33.5 Å². The SMILES string of the molecule is [2H]c1c([2H])c2c(c([2H])c1-c1cccc(-c3ccc(C(C)(C)C)cc3C([2H])([2H])[2H])c1N1CN(c3cccc(Oc4ccc5c6c([2H])c([2H])c([2H])c([2H])c6n(-c6cc(C([2H])([2H])C(C)C)c(-c7ccccc7)cn6)c5c4)c3)c3ccccc31)C(C)(C)CCC2(C)C. The van der Waals surface area contributed by atoms with Crippen LogP contribution in [0.15, 0.2) is 188 Å². The molecule has 0 amide bonds. The average Bonchev–Trinajstić information content (AvgIpc) is 1.24. The highest BCUT2D eigenvalue weighted by molar-refractivity contribution is 6.09. The van der Waals surface area contributed by atoms with E-state index in [0.717, 1.165) is 52.2 Å². The van der Waals surface area contributed by atoms with Crippen molar-refractivity contribution in [2.24, 2.45) is 5.92 Å². The third-order valence-corrected chi connectivity index (χ3v) is 15.4. The van der Waals surface area contributed by atoms with Crippen molar-refractivity contribution < 1.29 is 21.2 Å². The number of rotatable bonds is 10. The van der Waals surface area contributed by atoms with Crippen LogP contribution in [0, 0.1) is 12.8 Å². The minimum atomic E-state index is -2.52. The van der Waals surface area contributed by atoms with Crippen LogP contribution in [-0.4, -0.2) is 16.2 Å². The quantitative estimate of drug-likeness (QED) is 0.137. The number of nitrogens with zero attached hydrogens (tertiary/aromatic N) is 4. The first-order valence-electron chi connectivity index (χ1n) is 32.4. The van der Waals surface area contributed by atoms with Crippen molar-refractivity contribution >= 4 is 44.6 Å². The second kappa shape index (κ2) is 18.7. The van der Waals surface area contributed by atoms with Crippen molar-refractivity contribution in [2.45, 2.75) is 105 Å². The van der Waals surface area contributed by atoms with Crippen LogP contribution in [0.4, 0.5) is 22.7 Å². The van der Waals surface area contributed by atoms with Gasteiger partial charge in [0.05, 0.1) is 37.7 Å². The van der Waals surface area contributed by atoms with E-state index in [1.807, 2.05) is 123 Å². The van der Waals surface area contributed by atoms with E-state index in [0.29, 0.717) is 61.5 Å². The fourth-order valence-corrected chi connectivity index (χ4v) is 11.3. The Morgan fingerprint density at radius 3 is 2.14 bits per heavy atom. The lowest BCUT2D eigenvalue weighted by Gasteiger charge is -2.42. The Balaban J connectivity index is 1.01. The minimum absolute atomic E-state index is 0.0572. The van der Waals surface area contributed by atoms with Gasteiger partial charge in [-0.15, -0.1) is 0 Å². The van der Waals surface area contributed by atoms with E-state index in [-0.39, 0.29) is 70.6 Å². The summed E-state index contributed by atoms with van der Waals surface area (Å²) in [6.07, 6.45) is 1.40. The van der Waals surface area contributed by atoms with Gasteiger partial charge in [-0.25, -0.2) is 4.98 Å². The van der Waals surface area contributed by atoms with Crippen LogP contribution in [0.5, 0.6) is 11.5 Å². The summed E-state index contributed by atoms with van der Waals surface area (Å²) in [5.74, 6) is 0.663. The molecule has 12 rings (SSSR count). The molecule has 2 aliphatic rings. The third kappa shape index (κ3) is 8.74.